The van der Waals surface area contributed by atoms with Crippen molar-refractivity contribution in [2.75, 3.05) is 4.90 Å². The van der Waals surface area contributed by atoms with Crippen LogP contribution in [0.3, 0.4) is 0 Å². The molecule has 0 bridgehead atoms. The number of hydrogen-bond donors (Lipinski definition) is 1. The van der Waals surface area contributed by atoms with Gasteiger partial charge in [0, 0.05) is 5.56 Å². The minimum Gasteiger partial charge on any atom is -0.457 e. The smallest absolute Gasteiger partial charge is 0.270 e. The third-order valence-electron chi connectivity index (χ3n) is 5.57. The molecule has 2 amide bonds. The first-order valence-corrected chi connectivity index (χ1v) is 12.0. The standard InChI is InChI=1S/C30H20N2O5S/c33-27(20-7-3-1-4-8-20)18-17-24-15-16-25(37-24)19-26-28(34)31-30(38)32(29(26)35)21-11-13-23(14-12-21)36-22-9-5-2-6-10-22/h1-19H,(H,31,34,38). The first-order chi connectivity index (χ1) is 18.5. The summed E-state index contributed by atoms with van der Waals surface area (Å²) in [4.78, 5) is 39.4. The number of amides is 2. The summed E-state index contributed by atoms with van der Waals surface area (Å²) in [5.41, 5.74) is 0.875. The van der Waals surface area contributed by atoms with E-state index in [0.717, 1.165) is 0 Å². The lowest BCUT2D eigenvalue weighted by Gasteiger charge is -2.28. The number of ether oxygens (including phenoxy) is 1. The first kappa shape index (κ1) is 24.6. The average Bonchev–Trinajstić information content (AvgIpc) is 3.39. The molecule has 0 radical (unpaired) electrons. The highest BCUT2D eigenvalue weighted by molar-refractivity contribution is 7.80. The number of rotatable bonds is 7. The monoisotopic (exact) mass is 520 g/mol. The van der Waals surface area contributed by atoms with Crippen LogP contribution >= 0.6 is 12.2 Å². The average molecular weight is 521 g/mol. The minimum atomic E-state index is -0.631. The van der Waals surface area contributed by atoms with Gasteiger partial charge in [-0.1, -0.05) is 48.5 Å². The molecule has 0 atom stereocenters. The van der Waals surface area contributed by atoms with Gasteiger partial charge in [-0.25, -0.2) is 0 Å². The Kier molecular flexibility index (Phi) is 7.06. The molecule has 1 aliphatic heterocycles. The fraction of sp³-hybridized carbons (Fsp3) is 0. The number of benzene rings is 3. The minimum absolute atomic E-state index is 0.0311. The van der Waals surface area contributed by atoms with Crippen LogP contribution in [0.4, 0.5) is 5.69 Å². The Balaban J connectivity index is 1.32. The van der Waals surface area contributed by atoms with Crippen molar-refractivity contribution >= 4 is 52.8 Å². The summed E-state index contributed by atoms with van der Waals surface area (Å²) in [6, 6.07) is 28.2. The third kappa shape index (κ3) is 5.50. The Hall–Kier alpha value is -5.08. The van der Waals surface area contributed by atoms with Crippen molar-refractivity contribution in [3.05, 3.63) is 126 Å². The molecule has 1 aromatic heterocycles. The Labute approximate surface area is 223 Å². The van der Waals surface area contributed by atoms with E-state index >= 15 is 0 Å². The number of hydrogen-bond acceptors (Lipinski definition) is 6. The zero-order chi connectivity index (χ0) is 26.5. The number of allylic oxidation sites excluding steroid dienone is 1. The van der Waals surface area contributed by atoms with Gasteiger partial charge in [0.2, 0.25) is 0 Å². The second-order valence-corrected chi connectivity index (χ2v) is 8.56. The lowest BCUT2D eigenvalue weighted by Crippen LogP contribution is -2.54. The number of thiocarbonyl (C=S) groups is 1. The van der Waals surface area contributed by atoms with E-state index in [1.54, 1.807) is 60.7 Å². The number of ketones is 1. The Morgan fingerprint density at radius 2 is 1.45 bits per heavy atom. The highest BCUT2D eigenvalue weighted by atomic mass is 32.1. The van der Waals surface area contributed by atoms with Crippen molar-refractivity contribution in [1.29, 1.82) is 0 Å². The van der Waals surface area contributed by atoms with Crippen molar-refractivity contribution in [3.63, 3.8) is 0 Å². The van der Waals surface area contributed by atoms with Gasteiger partial charge in [0.1, 0.15) is 28.6 Å². The lowest BCUT2D eigenvalue weighted by molar-refractivity contribution is -0.122. The third-order valence-corrected chi connectivity index (χ3v) is 5.85. The van der Waals surface area contributed by atoms with Crippen LogP contribution in [-0.4, -0.2) is 22.7 Å². The van der Waals surface area contributed by atoms with E-state index in [9.17, 15) is 14.4 Å². The second kappa shape index (κ2) is 10.9. The Morgan fingerprint density at radius 1 is 0.816 bits per heavy atom. The van der Waals surface area contributed by atoms with Crippen LogP contribution in [-0.2, 0) is 9.59 Å². The molecule has 0 spiro atoms. The van der Waals surface area contributed by atoms with Gasteiger partial charge in [0.25, 0.3) is 11.8 Å². The number of nitrogens with zero attached hydrogens (tertiary/aromatic N) is 1. The summed E-state index contributed by atoms with van der Waals surface area (Å²) in [5.74, 6) is 0.529. The van der Waals surface area contributed by atoms with Gasteiger partial charge in [-0.2, -0.15) is 0 Å². The maximum Gasteiger partial charge on any atom is 0.270 e. The van der Waals surface area contributed by atoms with Crippen molar-refractivity contribution in [3.8, 4) is 11.5 Å². The van der Waals surface area contributed by atoms with E-state index in [1.807, 2.05) is 36.4 Å². The van der Waals surface area contributed by atoms with Gasteiger partial charge < -0.3 is 9.15 Å². The summed E-state index contributed by atoms with van der Waals surface area (Å²) in [6.45, 7) is 0. The van der Waals surface area contributed by atoms with E-state index in [-0.39, 0.29) is 22.2 Å². The van der Waals surface area contributed by atoms with Gasteiger partial charge in [0.05, 0.1) is 5.69 Å². The van der Waals surface area contributed by atoms with Crippen molar-refractivity contribution in [1.82, 2.24) is 5.32 Å². The quantitative estimate of drug-likeness (QED) is 0.143. The van der Waals surface area contributed by atoms with Crippen LogP contribution in [0.1, 0.15) is 21.9 Å². The zero-order valence-electron chi connectivity index (χ0n) is 19.9. The van der Waals surface area contributed by atoms with Crippen LogP contribution in [0, 0.1) is 0 Å². The second-order valence-electron chi connectivity index (χ2n) is 8.17. The number of nitrogens with one attached hydrogen (secondary N) is 1. The molecule has 5 rings (SSSR count). The number of carbonyl (C=O) groups is 3. The predicted octanol–water partition coefficient (Wildman–Crippen LogP) is 5.80. The molecule has 0 aliphatic carbocycles. The largest absolute Gasteiger partial charge is 0.457 e. The summed E-state index contributed by atoms with van der Waals surface area (Å²) < 4.78 is 11.5. The number of para-hydroxylation sites is 1. The van der Waals surface area contributed by atoms with Crippen LogP contribution in [0.15, 0.2) is 113 Å². The van der Waals surface area contributed by atoms with Crippen molar-refractivity contribution < 1.29 is 23.5 Å². The Bertz CT molecular complexity index is 1570. The van der Waals surface area contributed by atoms with Crippen LogP contribution in [0.2, 0.25) is 0 Å². The highest BCUT2D eigenvalue weighted by Gasteiger charge is 2.34. The molecule has 4 aromatic rings. The molecule has 8 heteroatoms. The summed E-state index contributed by atoms with van der Waals surface area (Å²) in [6.07, 6.45) is 4.27. The number of carbonyl (C=O) groups excluding carboxylic acids is 3. The van der Waals surface area contributed by atoms with E-state index in [0.29, 0.717) is 28.5 Å². The summed E-state index contributed by atoms with van der Waals surface area (Å²) in [7, 11) is 0. The van der Waals surface area contributed by atoms with Crippen molar-refractivity contribution in [2.24, 2.45) is 0 Å². The molecule has 186 valence electrons. The van der Waals surface area contributed by atoms with Gasteiger partial charge >= 0.3 is 0 Å². The molecule has 1 fully saturated rings. The number of furan rings is 1. The first-order valence-electron chi connectivity index (χ1n) is 11.6. The van der Waals surface area contributed by atoms with Crippen molar-refractivity contribution in [2.45, 2.75) is 0 Å². The summed E-state index contributed by atoms with van der Waals surface area (Å²) >= 11 is 5.27. The SMILES string of the molecule is O=C1NC(=S)N(c2ccc(Oc3ccccc3)cc2)C(=O)C1=Cc1ccc(C=CC(=O)c2ccccc2)o1. The van der Waals surface area contributed by atoms with Gasteiger partial charge in [-0.3, -0.25) is 24.6 Å². The van der Waals surface area contributed by atoms with Crippen LogP contribution in [0.25, 0.3) is 12.2 Å². The lowest BCUT2D eigenvalue weighted by atomic mass is 10.1. The molecule has 1 N–H and O–H groups in total. The fourth-order valence-corrected chi connectivity index (χ4v) is 4.00. The molecule has 2 heterocycles. The molecule has 3 aromatic carbocycles. The van der Waals surface area contributed by atoms with E-state index in [2.05, 4.69) is 5.32 Å². The van der Waals surface area contributed by atoms with E-state index in [1.165, 1.54) is 23.1 Å². The number of anilines is 1. The maximum absolute atomic E-state index is 13.3. The van der Waals surface area contributed by atoms with E-state index in [4.69, 9.17) is 21.4 Å². The normalized spacial score (nSPS) is 14.7. The molecule has 1 aliphatic rings. The van der Waals surface area contributed by atoms with Gasteiger partial charge in [-0.15, -0.1) is 0 Å². The van der Waals surface area contributed by atoms with Crippen LogP contribution in [0.5, 0.6) is 11.5 Å². The topological polar surface area (TPSA) is 88.9 Å². The van der Waals surface area contributed by atoms with Gasteiger partial charge in [0.15, 0.2) is 10.9 Å². The maximum atomic E-state index is 13.3. The zero-order valence-corrected chi connectivity index (χ0v) is 20.7. The molecular formula is C30H20N2O5S. The Morgan fingerprint density at radius 3 is 2.16 bits per heavy atom. The molecule has 38 heavy (non-hydrogen) atoms. The van der Waals surface area contributed by atoms with Crippen LogP contribution < -0.4 is 15.0 Å². The highest BCUT2D eigenvalue weighted by Crippen LogP contribution is 2.27. The summed E-state index contributed by atoms with van der Waals surface area (Å²) in [5, 5.41) is 2.51. The molecule has 7 nitrogen and oxygen atoms in total. The molecule has 1 saturated heterocycles. The fourth-order valence-electron chi connectivity index (χ4n) is 3.71. The molecule has 0 saturated carbocycles. The van der Waals surface area contributed by atoms with Gasteiger partial charge in [-0.05, 0) is 79.0 Å². The molecular weight excluding hydrogens is 500 g/mol. The van der Waals surface area contributed by atoms with E-state index < -0.39 is 11.8 Å². The molecule has 0 unspecified atom stereocenters. The predicted molar refractivity (Wildman–Crippen MR) is 148 cm³/mol.